The lowest BCUT2D eigenvalue weighted by molar-refractivity contribution is 0.0992. The summed E-state index contributed by atoms with van der Waals surface area (Å²) >= 11 is 12.0. The van der Waals surface area contributed by atoms with Crippen molar-refractivity contribution in [2.24, 2.45) is 0 Å². The average molecular weight is 470 g/mol. The van der Waals surface area contributed by atoms with Crippen LogP contribution in [0.2, 0.25) is 10.0 Å². The third kappa shape index (κ3) is 5.15. The molecule has 0 radical (unpaired) electrons. The molecule has 1 amide bonds. The third-order valence-corrected chi connectivity index (χ3v) is 5.41. The van der Waals surface area contributed by atoms with Crippen molar-refractivity contribution in [3.05, 3.63) is 99.2 Å². The van der Waals surface area contributed by atoms with E-state index in [9.17, 15) is 4.79 Å². The number of nitrogens with one attached hydrogen (secondary N) is 1. The smallest absolute Gasteiger partial charge is 0.291 e. The molecule has 2 aromatic heterocycles. The number of hydrogen-bond donors (Lipinski definition) is 1. The van der Waals surface area contributed by atoms with Crippen LogP contribution in [0.1, 0.15) is 33.3 Å². The summed E-state index contributed by atoms with van der Waals surface area (Å²) < 4.78 is 13.1. The number of nitrogens with zero attached hydrogens (tertiary/aromatic N) is 2. The SMILES string of the molecule is Cc1nn(Cc2cccc(Cl)c2)c(C)c1NC(=O)c1ccc(COc2ccc(Cl)cc2)o1. The largest absolute Gasteiger partial charge is 0.486 e. The molecule has 8 heteroatoms. The summed E-state index contributed by atoms with van der Waals surface area (Å²) in [5.74, 6) is 1.04. The fraction of sp³-hybridized carbons (Fsp3) is 0.167. The number of furan rings is 1. The van der Waals surface area contributed by atoms with Crippen LogP contribution in [0, 0.1) is 13.8 Å². The van der Waals surface area contributed by atoms with Gasteiger partial charge in [0.2, 0.25) is 0 Å². The van der Waals surface area contributed by atoms with Crippen molar-refractivity contribution in [2.45, 2.75) is 27.0 Å². The molecule has 2 aromatic carbocycles. The van der Waals surface area contributed by atoms with Crippen molar-refractivity contribution in [3.63, 3.8) is 0 Å². The number of amides is 1. The first-order valence-corrected chi connectivity index (χ1v) is 10.7. The Morgan fingerprint density at radius 2 is 1.84 bits per heavy atom. The molecule has 0 fully saturated rings. The Labute approximate surface area is 195 Å². The number of carbonyl (C=O) groups is 1. The summed E-state index contributed by atoms with van der Waals surface area (Å²) in [5, 5.41) is 8.77. The van der Waals surface area contributed by atoms with E-state index < -0.39 is 0 Å². The van der Waals surface area contributed by atoms with Crippen LogP contribution in [0.25, 0.3) is 0 Å². The lowest BCUT2D eigenvalue weighted by atomic mass is 10.2. The van der Waals surface area contributed by atoms with E-state index in [0.717, 1.165) is 17.0 Å². The molecule has 0 spiro atoms. The maximum atomic E-state index is 12.7. The van der Waals surface area contributed by atoms with Crippen molar-refractivity contribution < 1.29 is 13.9 Å². The van der Waals surface area contributed by atoms with Gasteiger partial charge in [-0.15, -0.1) is 0 Å². The predicted molar refractivity (Wildman–Crippen MR) is 125 cm³/mol. The highest BCUT2D eigenvalue weighted by molar-refractivity contribution is 6.30. The van der Waals surface area contributed by atoms with E-state index in [4.69, 9.17) is 32.4 Å². The second kappa shape index (κ2) is 9.51. The highest BCUT2D eigenvalue weighted by Gasteiger charge is 2.18. The minimum Gasteiger partial charge on any atom is -0.486 e. The fourth-order valence-electron chi connectivity index (χ4n) is 3.28. The van der Waals surface area contributed by atoms with E-state index in [1.807, 2.05) is 42.8 Å². The van der Waals surface area contributed by atoms with E-state index in [1.165, 1.54) is 0 Å². The molecule has 0 aliphatic heterocycles. The molecule has 0 aliphatic rings. The van der Waals surface area contributed by atoms with Gasteiger partial charge in [-0.25, -0.2) is 0 Å². The monoisotopic (exact) mass is 469 g/mol. The number of anilines is 1. The van der Waals surface area contributed by atoms with Crippen LogP contribution in [0.3, 0.4) is 0 Å². The second-order valence-corrected chi connectivity index (χ2v) is 8.17. The van der Waals surface area contributed by atoms with Crippen molar-refractivity contribution in [3.8, 4) is 5.75 Å². The summed E-state index contributed by atoms with van der Waals surface area (Å²) in [4.78, 5) is 12.7. The predicted octanol–water partition coefficient (Wildman–Crippen LogP) is 6.28. The van der Waals surface area contributed by atoms with Crippen molar-refractivity contribution in [1.29, 1.82) is 0 Å². The number of ether oxygens (including phenoxy) is 1. The Morgan fingerprint density at radius 3 is 2.59 bits per heavy atom. The zero-order valence-electron chi connectivity index (χ0n) is 17.6. The lowest BCUT2D eigenvalue weighted by Crippen LogP contribution is -2.12. The zero-order chi connectivity index (χ0) is 22.7. The van der Waals surface area contributed by atoms with Gasteiger partial charge in [0.1, 0.15) is 18.1 Å². The number of benzene rings is 2. The Balaban J connectivity index is 1.41. The molecular weight excluding hydrogens is 449 g/mol. The summed E-state index contributed by atoms with van der Waals surface area (Å²) in [6.45, 7) is 4.51. The normalized spacial score (nSPS) is 10.9. The molecule has 4 aromatic rings. The van der Waals surface area contributed by atoms with Gasteiger partial charge < -0.3 is 14.5 Å². The molecule has 0 aliphatic carbocycles. The summed E-state index contributed by atoms with van der Waals surface area (Å²) in [6.07, 6.45) is 0. The number of aromatic nitrogens is 2. The molecule has 0 atom stereocenters. The molecule has 0 saturated carbocycles. The van der Waals surface area contributed by atoms with Crippen LogP contribution >= 0.6 is 23.2 Å². The summed E-state index contributed by atoms with van der Waals surface area (Å²) in [7, 11) is 0. The first-order valence-electron chi connectivity index (χ1n) is 9.96. The third-order valence-electron chi connectivity index (χ3n) is 4.92. The van der Waals surface area contributed by atoms with Gasteiger partial charge in [0.15, 0.2) is 5.76 Å². The molecule has 0 bridgehead atoms. The topological polar surface area (TPSA) is 69.3 Å². The maximum Gasteiger partial charge on any atom is 0.291 e. The number of rotatable bonds is 7. The minimum atomic E-state index is -0.351. The zero-order valence-corrected chi connectivity index (χ0v) is 19.1. The summed E-state index contributed by atoms with van der Waals surface area (Å²) in [5.41, 5.74) is 3.24. The highest BCUT2D eigenvalue weighted by atomic mass is 35.5. The molecule has 2 heterocycles. The second-order valence-electron chi connectivity index (χ2n) is 7.30. The van der Waals surface area contributed by atoms with Gasteiger partial charge in [0.05, 0.1) is 23.6 Å². The molecule has 4 rings (SSSR count). The average Bonchev–Trinajstić information content (AvgIpc) is 3.34. The first kappa shape index (κ1) is 22.0. The fourth-order valence-corrected chi connectivity index (χ4v) is 3.62. The molecule has 1 N–H and O–H groups in total. The highest BCUT2D eigenvalue weighted by Crippen LogP contribution is 2.23. The first-order chi connectivity index (χ1) is 15.4. The van der Waals surface area contributed by atoms with E-state index in [-0.39, 0.29) is 18.3 Å². The van der Waals surface area contributed by atoms with Gasteiger partial charge in [-0.05, 0) is 67.9 Å². The number of aryl methyl sites for hydroxylation is 1. The van der Waals surface area contributed by atoms with Crippen LogP contribution in [0.4, 0.5) is 5.69 Å². The van der Waals surface area contributed by atoms with Crippen molar-refractivity contribution in [1.82, 2.24) is 9.78 Å². The van der Waals surface area contributed by atoms with Gasteiger partial charge in [0.25, 0.3) is 5.91 Å². The van der Waals surface area contributed by atoms with Crippen LogP contribution in [0.5, 0.6) is 5.75 Å². The van der Waals surface area contributed by atoms with Gasteiger partial charge >= 0.3 is 0 Å². The van der Waals surface area contributed by atoms with Gasteiger partial charge in [-0.1, -0.05) is 35.3 Å². The standard InChI is InChI=1S/C24H21Cl2N3O3/c1-15-23(16(2)29(28-15)13-17-4-3-5-19(26)12-17)27-24(30)22-11-10-21(32-22)14-31-20-8-6-18(25)7-9-20/h3-12H,13-14H2,1-2H3,(H,27,30). The van der Waals surface area contributed by atoms with Crippen LogP contribution in [-0.4, -0.2) is 15.7 Å². The van der Waals surface area contributed by atoms with Crippen LogP contribution in [-0.2, 0) is 13.2 Å². The van der Waals surface area contributed by atoms with Gasteiger partial charge in [-0.2, -0.15) is 5.10 Å². The van der Waals surface area contributed by atoms with Crippen molar-refractivity contribution in [2.75, 3.05) is 5.32 Å². The number of carbonyl (C=O) groups excluding carboxylic acids is 1. The quantitative estimate of drug-likeness (QED) is 0.345. The molecule has 0 saturated heterocycles. The number of hydrogen-bond acceptors (Lipinski definition) is 4. The Hall–Kier alpha value is -3.22. The van der Waals surface area contributed by atoms with Gasteiger partial charge in [0, 0.05) is 10.0 Å². The van der Waals surface area contributed by atoms with E-state index >= 15 is 0 Å². The minimum absolute atomic E-state index is 0.195. The van der Waals surface area contributed by atoms with Crippen LogP contribution < -0.4 is 10.1 Å². The molecule has 164 valence electrons. The van der Waals surface area contributed by atoms with Gasteiger partial charge in [-0.3, -0.25) is 9.48 Å². The van der Waals surface area contributed by atoms with E-state index in [2.05, 4.69) is 10.4 Å². The molecule has 0 unspecified atom stereocenters. The summed E-state index contributed by atoms with van der Waals surface area (Å²) in [6, 6.07) is 18.0. The lowest BCUT2D eigenvalue weighted by Gasteiger charge is -2.07. The Morgan fingerprint density at radius 1 is 1.06 bits per heavy atom. The van der Waals surface area contributed by atoms with Crippen molar-refractivity contribution >= 4 is 34.8 Å². The molecule has 32 heavy (non-hydrogen) atoms. The Bertz CT molecular complexity index is 1250. The maximum absolute atomic E-state index is 12.7. The molecule has 6 nitrogen and oxygen atoms in total. The Kier molecular flexibility index (Phi) is 6.53. The van der Waals surface area contributed by atoms with Crippen LogP contribution in [0.15, 0.2) is 65.1 Å². The van der Waals surface area contributed by atoms with E-state index in [1.54, 1.807) is 36.4 Å². The molecular formula is C24H21Cl2N3O3. The van der Waals surface area contributed by atoms with E-state index in [0.29, 0.717) is 33.8 Å². The number of halogens is 2.